The Hall–Kier alpha value is -2.19. The van der Waals surface area contributed by atoms with E-state index in [1.807, 2.05) is 0 Å². The monoisotopic (exact) mass is 379 g/mol. The SMILES string of the molecule is C=CCS(=O)(=O)NC(OC(=O)N1CCCCC1)c1cccc(C(=C)C)n1. The summed E-state index contributed by atoms with van der Waals surface area (Å²) >= 11 is 0. The lowest BCUT2D eigenvalue weighted by Gasteiger charge is -2.28. The molecule has 0 radical (unpaired) electrons. The molecule has 26 heavy (non-hydrogen) atoms. The zero-order valence-corrected chi connectivity index (χ0v) is 15.8. The molecule has 1 saturated heterocycles. The van der Waals surface area contributed by atoms with Crippen LogP contribution in [0.15, 0.2) is 37.4 Å². The second kappa shape index (κ2) is 8.95. The van der Waals surface area contributed by atoms with Gasteiger partial charge in [-0.2, -0.15) is 4.72 Å². The summed E-state index contributed by atoms with van der Waals surface area (Å²) in [6.45, 7) is 10.3. The predicted molar refractivity (Wildman–Crippen MR) is 101 cm³/mol. The number of hydrogen-bond donors (Lipinski definition) is 1. The molecule has 1 amide bonds. The number of amides is 1. The molecule has 0 saturated carbocycles. The van der Waals surface area contributed by atoms with Crippen molar-refractivity contribution in [1.29, 1.82) is 0 Å². The number of hydrogen-bond acceptors (Lipinski definition) is 5. The van der Waals surface area contributed by atoms with E-state index in [-0.39, 0.29) is 5.75 Å². The second-order valence-corrected chi connectivity index (χ2v) is 8.03. The van der Waals surface area contributed by atoms with E-state index in [0.29, 0.717) is 24.5 Å². The Morgan fingerprint density at radius 1 is 1.38 bits per heavy atom. The van der Waals surface area contributed by atoms with Crippen LogP contribution in [-0.2, 0) is 14.8 Å². The standard InChI is InChI=1S/C18H25N3O4S/c1-4-13-26(23,24)20-17(16-10-8-9-15(19-16)14(2)3)25-18(22)21-11-6-5-7-12-21/h4,8-10,17,20H,1-2,5-7,11-13H2,3H3. The lowest BCUT2D eigenvalue weighted by Crippen LogP contribution is -2.40. The van der Waals surface area contributed by atoms with Crippen molar-refractivity contribution in [2.45, 2.75) is 32.4 Å². The first-order valence-electron chi connectivity index (χ1n) is 8.51. The van der Waals surface area contributed by atoms with E-state index >= 15 is 0 Å². The molecular weight excluding hydrogens is 354 g/mol. The van der Waals surface area contributed by atoms with Gasteiger partial charge >= 0.3 is 6.09 Å². The topological polar surface area (TPSA) is 88.6 Å². The van der Waals surface area contributed by atoms with Gasteiger partial charge in [-0.25, -0.2) is 18.2 Å². The van der Waals surface area contributed by atoms with E-state index in [0.717, 1.165) is 24.8 Å². The van der Waals surface area contributed by atoms with Crippen molar-refractivity contribution in [3.8, 4) is 0 Å². The molecule has 1 fully saturated rings. The maximum atomic E-state index is 12.4. The van der Waals surface area contributed by atoms with Crippen molar-refractivity contribution in [1.82, 2.24) is 14.6 Å². The molecule has 1 unspecified atom stereocenters. The van der Waals surface area contributed by atoms with Crippen molar-refractivity contribution >= 4 is 21.7 Å². The smallest absolute Gasteiger partial charge is 0.411 e. The molecule has 7 nitrogen and oxygen atoms in total. The van der Waals surface area contributed by atoms with Gasteiger partial charge in [0.2, 0.25) is 16.3 Å². The van der Waals surface area contributed by atoms with Crippen LogP contribution in [0.4, 0.5) is 4.79 Å². The van der Waals surface area contributed by atoms with Crippen molar-refractivity contribution in [3.05, 3.63) is 48.8 Å². The number of pyridine rings is 1. The highest BCUT2D eigenvalue weighted by Gasteiger charge is 2.27. The van der Waals surface area contributed by atoms with Crippen LogP contribution in [0, 0.1) is 0 Å². The fraction of sp³-hybridized carbons (Fsp3) is 0.444. The van der Waals surface area contributed by atoms with Crippen LogP contribution in [-0.4, -0.2) is 43.2 Å². The summed E-state index contributed by atoms with van der Waals surface area (Å²) < 4.78 is 32.2. The van der Waals surface area contributed by atoms with E-state index in [9.17, 15) is 13.2 Å². The number of carbonyl (C=O) groups excluding carboxylic acids is 1. The van der Waals surface area contributed by atoms with Gasteiger partial charge in [-0.1, -0.05) is 18.7 Å². The van der Waals surface area contributed by atoms with E-state index in [4.69, 9.17) is 4.74 Å². The zero-order chi connectivity index (χ0) is 19.2. The molecule has 1 atom stereocenters. The fourth-order valence-electron chi connectivity index (χ4n) is 2.60. The van der Waals surface area contributed by atoms with E-state index < -0.39 is 22.3 Å². The lowest BCUT2D eigenvalue weighted by molar-refractivity contribution is 0.0509. The largest absolute Gasteiger partial charge is 0.423 e. The Morgan fingerprint density at radius 2 is 2.08 bits per heavy atom. The molecule has 0 aliphatic carbocycles. The van der Waals surface area contributed by atoms with E-state index in [1.165, 1.54) is 6.08 Å². The van der Waals surface area contributed by atoms with Gasteiger partial charge in [0.05, 0.1) is 17.1 Å². The molecule has 8 heteroatoms. The van der Waals surface area contributed by atoms with Gasteiger partial charge in [0.1, 0.15) is 0 Å². The van der Waals surface area contributed by atoms with Crippen LogP contribution in [0.3, 0.4) is 0 Å². The minimum Gasteiger partial charge on any atom is -0.423 e. The second-order valence-electron chi connectivity index (χ2n) is 6.23. The molecule has 2 heterocycles. The first-order chi connectivity index (χ1) is 12.3. The molecule has 0 bridgehead atoms. The number of nitrogens with zero attached hydrogens (tertiary/aromatic N) is 2. The van der Waals surface area contributed by atoms with Gasteiger partial charge in [0, 0.05) is 13.1 Å². The van der Waals surface area contributed by atoms with Gasteiger partial charge in [-0.05, 0) is 43.9 Å². The van der Waals surface area contributed by atoms with Crippen LogP contribution in [0.1, 0.15) is 43.8 Å². The Balaban J connectivity index is 2.26. The summed E-state index contributed by atoms with van der Waals surface area (Å²) in [6.07, 6.45) is 2.38. The molecule has 0 spiro atoms. The van der Waals surface area contributed by atoms with Crippen molar-refractivity contribution in [2.75, 3.05) is 18.8 Å². The zero-order valence-electron chi connectivity index (χ0n) is 15.0. The van der Waals surface area contributed by atoms with Gasteiger partial charge in [0.15, 0.2) is 0 Å². The van der Waals surface area contributed by atoms with Gasteiger partial charge in [-0.3, -0.25) is 0 Å². The first kappa shape index (κ1) is 20.1. The average molecular weight is 379 g/mol. The van der Waals surface area contributed by atoms with Gasteiger partial charge in [-0.15, -0.1) is 6.58 Å². The third-order valence-electron chi connectivity index (χ3n) is 3.93. The third kappa shape index (κ3) is 5.67. The number of sulfonamides is 1. The minimum atomic E-state index is -3.71. The summed E-state index contributed by atoms with van der Waals surface area (Å²) in [5.41, 5.74) is 1.62. The summed E-state index contributed by atoms with van der Waals surface area (Å²) in [5, 5.41) is 0. The van der Waals surface area contributed by atoms with Gasteiger partial charge in [0.25, 0.3) is 0 Å². The van der Waals surface area contributed by atoms with Crippen LogP contribution >= 0.6 is 0 Å². The Kier molecular flexibility index (Phi) is 6.93. The highest BCUT2D eigenvalue weighted by atomic mass is 32.2. The molecule has 142 valence electrons. The van der Waals surface area contributed by atoms with E-state index in [1.54, 1.807) is 30.0 Å². The molecule has 1 aromatic rings. The average Bonchev–Trinajstić information content (AvgIpc) is 2.61. The summed E-state index contributed by atoms with van der Waals surface area (Å²) in [4.78, 5) is 18.4. The molecule has 1 aliphatic heterocycles. The number of rotatable bonds is 7. The quantitative estimate of drug-likeness (QED) is 0.581. The number of likely N-dealkylation sites (tertiary alicyclic amines) is 1. The Bertz CT molecular complexity index is 770. The van der Waals surface area contributed by atoms with Crippen LogP contribution in [0.25, 0.3) is 5.57 Å². The predicted octanol–water partition coefficient (Wildman–Crippen LogP) is 2.84. The Morgan fingerprint density at radius 3 is 2.69 bits per heavy atom. The number of carbonyl (C=O) groups is 1. The molecule has 0 aromatic carbocycles. The number of ether oxygens (including phenoxy) is 1. The minimum absolute atomic E-state index is 0.287. The van der Waals surface area contributed by atoms with Crippen LogP contribution in [0.5, 0.6) is 0 Å². The summed E-state index contributed by atoms with van der Waals surface area (Å²) in [5.74, 6) is -0.287. The molecule has 1 aromatic heterocycles. The first-order valence-corrected chi connectivity index (χ1v) is 10.2. The molecule has 1 N–H and O–H groups in total. The summed E-state index contributed by atoms with van der Waals surface area (Å²) in [6, 6.07) is 5.08. The maximum Gasteiger partial charge on any atom is 0.411 e. The van der Waals surface area contributed by atoms with Crippen LogP contribution in [0.2, 0.25) is 0 Å². The van der Waals surface area contributed by atoms with Crippen molar-refractivity contribution in [3.63, 3.8) is 0 Å². The van der Waals surface area contributed by atoms with Gasteiger partial charge < -0.3 is 9.64 Å². The molecule has 2 rings (SSSR count). The highest BCUT2D eigenvalue weighted by molar-refractivity contribution is 7.89. The molecular formula is C18H25N3O4S. The lowest BCUT2D eigenvalue weighted by atomic mass is 10.1. The molecule has 1 aliphatic rings. The summed E-state index contributed by atoms with van der Waals surface area (Å²) in [7, 11) is -3.71. The maximum absolute atomic E-state index is 12.4. The van der Waals surface area contributed by atoms with E-state index in [2.05, 4.69) is 22.9 Å². The van der Waals surface area contributed by atoms with Crippen molar-refractivity contribution in [2.24, 2.45) is 0 Å². The van der Waals surface area contributed by atoms with Crippen LogP contribution < -0.4 is 4.72 Å². The Labute approximate surface area is 154 Å². The number of nitrogens with one attached hydrogen (secondary N) is 1. The fourth-order valence-corrected chi connectivity index (χ4v) is 3.50. The number of aromatic nitrogens is 1. The third-order valence-corrected chi connectivity index (χ3v) is 5.18. The number of allylic oxidation sites excluding steroid dienone is 1. The normalized spacial score (nSPS) is 16.0. The highest BCUT2D eigenvalue weighted by Crippen LogP contribution is 2.19. The van der Waals surface area contributed by atoms with Crippen molar-refractivity contribution < 1.29 is 17.9 Å². The number of piperidine rings is 1.